The van der Waals surface area contributed by atoms with Crippen molar-refractivity contribution in [1.29, 1.82) is 0 Å². The summed E-state index contributed by atoms with van der Waals surface area (Å²) in [4.78, 5) is 0. The van der Waals surface area contributed by atoms with Gasteiger partial charge in [0, 0.05) is 5.41 Å². The van der Waals surface area contributed by atoms with E-state index in [-0.39, 0.29) is 11.5 Å². The molecule has 0 unspecified atom stereocenters. The molecule has 0 spiro atoms. The van der Waals surface area contributed by atoms with Crippen LogP contribution in [-0.4, -0.2) is 15.3 Å². The number of rotatable bonds is 5. The van der Waals surface area contributed by atoms with Gasteiger partial charge in [0.15, 0.2) is 0 Å². The highest BCUT2D eigenvalue weighted by atomic mass is 32.2. The molecule has 1 N–H and O–H groups in total. The summed E-state index contributed by atoms with van der Waals surface area (Å²) in [5, 5.41) is 10.4. The van der Waals surface area contributed by atoms with Gasteiger partial charge in [-0.25, -0.2) is 0 Å². The van der Waals surface area contributed by atoms with Crippen LogP contribution in [0.4, 0.5) is 0 Å². The summed E-state index contributed by atoms with van der Waals surface area (Å²) in [6, 6.07) is 0. The van der Waals surface area contributed by atoms with Crippen LogP contribution in [0.3, 0.4) is 0 Å². The van der Waals surface area contributed by atoms with Gasteiger partial charge < -0.3 is 5.11 Å². The van der Waals surface area contributed by atoms with Crippen molar-refractivity contribution in [3.63, 3.8) is 0 Å². The number of hydrogen-bond acceptors (Lipinski definition) is 3. The highest BCUT2D eigenvalue weighted by molar-refractivity contribution is 8.00. The summed E-state index contributed by atoms with van der Waals surface area (Å²) < 4.78 is -0.407. The van der Waals surface area contributed by atoms with E-state index in [2.05, 4.69) is 40.7 Å². The zero-order valence-electron chi connectivity index (χ0n) is 20.0. The van der Waals surface area contributed by atoms with E-state index in [4.69, 9.17) is 25.3 Å². The second kappa shape index (κ2) is 8.32. The summed E-state index contributed by atoms with van der Waals surface area (Å²) in [5.41, 5.74) is 1.99. The quantitative estimate of drug-likeness (QED) is 0.224. The number of aliphatic hydroxyl groups is 1. The smallest absolute Gasteiger partial charge is 0.0669 e. The topological polar surface area (TPSA) is 20.2 Å². The number of allylic oxidation sites excluding steroid dienone is 1. The van der Waals surface area contributed by atoms with E-state index >= 15 is 0 Å². The van der Waals surface area contributed by atoms with Crippen molar-refractivity contribution in [2.75, 3.05) is 0 Å². The van der Waals surface area contributed by atoms with Crippen LogP contribution < -0.4 is 0 Å². The summed E-state index contributed by atoms with van der Waals surface area (Å²) in [5.74, 6) is 4.90. The fraction of sp³-hybridized carbons (Fsp3) is 0.926. The summed E-state index contributed by atoms with van der Waals surface area (Å²) in [6.07, 6.45) is 14.7. The Morgan fingerprint density at radius 2 is 1.80 bits per heavy atom. The average Bonchev–Trinajstić information content (AvgIpc) is 2.99. The standard InChI is InChI=1S/C27H46OS2/c1-17(2)7-6-8-18(3)22-11-12-23-21-10-9-19-15-20(28)16-27(29,30)26(19,5)24(21)13-14-25(22,23)4/h9,17-18,20-24,28-30H,6-8,10-16H2,1-5H3/t18-,20+,21+,22-,23+,24+,25-,26+/m1/s1. The van der Waals surface area contributed by atoms with E-state index in [0.717, 1.165) is 36.0 Å². The highest BCUT2D eigenvalue weighted by Gasteiger charge is 2.63. The maximum Gasteiger partial charge on any atom is 0.0669 e. The van der Waals surface area contributed by atoms with Crippen molar-refractivity contribution in [1.82, 2.24) is 0 Å². The predicted octanol–water partition coefficient (Wildman–Crippen LogP) is 7.55. The Labute approximate surface area is 197 Å². The van der Waals surface area contributed by atoms with Crippen molar-refractivity contribution in [3.05, 3.63) is 11.6 Å². The molecular formula is C27H46OS2. The molecule has 0 aromatic carbocycles. The normalized spacial score (nSPS) is 46.0. The lowest BCUT2D eigenvalue weighted by molar-refractivity contribution is -0.0582. The molecule has 172 valence electrons. The van der Waals surface area contributed by atoms with Gasteiger partial charge in [0.1, 0.15) is 0 Å². The third kappa shape index (κ3) is 3.65. The lowest BCUT2D eigenvalue weighted by Crippen LogP contribution is -2.57. The first kappa shape index (κ1) is 23.6. The second-order valence-electron chi connectivity index (χ2n) is 12.5. The van der Waals surface area contributed by atoms with Gasteiger partial charge in [0.05, 0.1) is 10.2 Å². The molecule has 3 saturated carbocycles. The first-order chi connectivity index (χ1) is 14.0. The molecule has 4 aliphatic carbocycles. The van der Waals surface area contributed by atoms with Crippen molar-refractivity contribution in [2.45, 2.75) is 109 Å². The molecule has 30 heavy (non-hydrogen) atoms. The van der Waals surface area contributed by atoms with Gasteiger partial charge in [0.2, 0.25) is 0 Å². The number of aliphatic hydroxyl groups excluding tert-OH is 1. The third-order valence-electron chi connectivity index (χ3n) is 10.5. The van der Waals surface area contributed by atoms with Crippen LogP contribution in [0.1, 0.15) is 98.8 Å². The SMILES string of the molecule is CC(C)CCC[C@@H](C)[C@H]1CC[C@H]2[C@@H]3CC=C4C[C@H](O)CC(S)(S)[C@]4(C)[C@H]3CC[C@]12C. The van der Waals surface area contributed by atoms with Crippen LogP contribution in [0.5, 0.6) is 0 Å². The van der Waals surface area contributed by atoms with Gasteiger partial charge in [-0.2, -0.15) is 25.3 Å². The second-order valence-corrected chi connectivity index (χ2v) is 14.3. The first-order valence-electron chi connectivity index (χ1n) is 12.8. The average molecular weight is 451 g/mol. The number of thiol groups is 2. The minimum absolute atomic E-state index is 0.0175. The zero-order valence-corrected chi connectivity index (χ0v) is 21.8. The van der Waals surface area contributed by atoms with Gasteiger partial charge in [-0.05, 0) is 85.9 Å². The van der Waals surface area contributed by atoms with Crippen molar-refractivity contribution < 1.29 is 5.11 Å². The van der Waals surface area contributed by atoms with E-state index in [1.54, 1.807) is 0 Å². The van der Waals surface area contributed by atoms with E-state index in [0.29, 0.717) is 17.8 Å². The van der Waals surface area contributed by atoms with E-state index < -0.39 is 4.08 Å². The van der Waals surface area contributed by atoms with E-state index in [9.17, 15) is 5.11 Å². The Morgan fingerprint density at radius 3 is 2.50 bits per heavy atom. The summed E-state index contributed by atoms with van der Waals surface area (Å²) in [7, 11) is 0. The number of hydrogen-bond donors (Lipinski definition) is 3. The molecule has 4 rings (SSSR count). The molecule has 4 aliphatic rings. The number of fused-ring (bicyclic) bond motifs is 5. The molecule has 8 atom stereocenters. The first-order valence-corrected chi connectivity index (χ1v) is 13.7. The van der Waals surface area contributed by atoms with Crippen molar-refractivity contribution in [2.24, 2.45) is 46.3 Å². The maximum absolute atomic E-state index is 10.4. The lowest BCUT2D eigenvalue weighted by Gasteiger charge is -2.62. The molecular weight excluding hydrogens is 404 g/mol. The van der Waals surface area contributed by atoms with Crippen molar-refractivity contribution in [3.8, 4) is 0 Å². The molecule has 0 heterocycles. The predicted molar refractivity (Wildman–Crippen MR) is 135 cm³/mol. The molecule has 3 fully saturated rings. The van der Waals surface area contributed by atoms with Gasteiger partial charge in [-0.1, -0.05) is 65.5 Å². The maximum atomic E-state index is 10.4. The molecule has 0 radical (unpaired) electrons. The van der Waals surface area contributed by atoms with Crippen LogP contribution in [0.25, 0.3) is 0 Å². The van der Waals surface area contributed by atoms with Crippen LogP contribution in [0.2, 0.25) is 0 Å². The third-order valence-corrected chi connectivity index (χ3v) is 11.8. The summed E-state index contributed by atoms with van der Waals surface area (Å²) in [6.45, 7) is 12.4. The van der Waals surface area contributed by atoms with Crippen LogP contribution in [-0.2, 0) is 0 Å². The van der Waals surface area contributed by atoms with Gasteiger partial charge >= 0.3 is 0 Å². The zero-order chi connectivity index (χ0) is 21.9. The Kier molecular flexibility index (Phi) is 6.53. The molecule has 0 saturated heterocycles. The summed E-state index contributed by atoms with van der Waals surface area (Å²) >= 11 is 10.2. The Morgan fingerprint density at radius 1 is 1.07 bits per heavy atom. The van der Waals surface area contributed by atoms with E-state index in [1.165, 1.54) is 56.9 Å². The monoisotopic (exact) mass is 450 g/mol. The largest absolute Gasteiger partial charge is 0.393 e. The fourth-order valence-electron chi connectivity index (χ4n) is 8.80. The Bertz CT molecular complexity index is 670. The Balaban J connectivity index is 1.55. The molecule has 0 bridgehead atoms. The highest BCUT2D eigenvalue weighted by Crippen LogP contribution is 2.70. The van der Waals surface area contributed by atoms with Gasteiger partial charge in [-0.3, -0.25) is 0 Å². The van der Waals surface area contributed by atoms with Crippen LogP contribution >= 0.6 is 25.3 Å². The molecule has 0 amide bonds. The fourth-order valence-corrected chi connectivity index (χ4v) is 9.84. The molecule has 0 aromatic heterocycles. The Hall–Kier alpha value is 0.400. The lowest BCUT2D eigenvalue weighted by atomic mass is 9.46. The minimum atomic E-state index is -0.407. The molecule has 0 aromatic rings. The minimum Gasteiger partial charge on any atom is -0.393 e. The van der Waals surface area contributed by atoms with Gasteiger partial charge in [-0.15, -0.1) is 0 Å². The van der Waals surface area contributed by atoms with Crippen LogP contribution in [0, 0.1) is 46.3 Å². The van der Waals surface area contributed by atoms with Crippen molar-refractivity contribution >= 4 is 25.3 Å². The van der Waals surface area contributed by atoms with Crippen LogP contribution in [0.15, 0.2) is 11.6 Å². The molecule has 1 nitrogen and oxygen atoms in total. The molecule has 0 aliphatic heterocycles. The molecule has 3 heteroatoms. The van der Waals surface area contributed by atoms with Gasteiger partial charge in [0.25, 0.3) is 0 Å². The van der Waals surface area contributed by atoms with E-state index in [1.807, 2.05) is 0 Å².